The van der Waals surface area contributed by atoms with Gasteiger partial charge in [-0.1, -0.05) is 31.5 Å². The fourth-order valence-electron chi connectivity index (χ4n) is 3.48. The minimum atomic E-state index is -0.0160. The smallest absolute Gasteiger partial charge is 0.254 e. The maximum atomic E-state index is 12.5. The van der Waals surface area contributed by atoms with Gasteiger partial charge in [0.25, 0.3) is 5.91 Å². The van der Waals surface area contributed by atoms with Crippen LogP contribution in [0.1, 0.15) is 48.7 Å². The molecule has 3 rings (SSSR count). The lowest BCUT2D eigenvalue weighted by Gasteiger charge is -2.26. The lowest BCUT2D eigenvalue weighted by molar-refractivity contribution is 0.0950. The van der Waals surface area contributed by atoms with E-state index in [9.17, 15) is 4.79 Å². The molecule has 1 aromatic carbocycles. The van der Waals surface area contributed by atoms with E-state index in [1.54, 1.807) is 6.20 Å². The number of rotatable bonds is 7. The Morgan fingerprint density at radius 2 is 1.92 bits per heavy atom. The SMILES string of the molecule is CCc1c(C(=O)NCCCN2CCCCC2)cnn1-c1ccccc1. The third-order valence-corrected chi connectivity index (χ3v) is 4.83. The van der Waals surface area contributed by atoms with Crippen LogP contribution < -0.4 is 5.32 Å². The molecule has 0 aliphatic carbocycles. The molecule has 1 aromatic heterocycles. The molecule has 1 amide bonds. The number of hydrogen-bond acceptors (Lipinski definition) is 3. The molecule has 2 heterocycles. The molecule has 134 valence electrons. The first-order valence-corrected chi connectivity index (χ1v) is 9.42. The van der Waals surface area contributed by atoms with Crippen LogP contribution in [0.25, 0.3) is 5.69 Å². The van der Waals surface area contributed by atoms with Crippen molar-refractivity contribution in [2.24, 2.45) is 0 Å². The quantitative estimate of drug-likeness (QED) is 0.788. The highest BCUT2D eigenvalue weighted by Crippen LogP contribution is 2.15. The second kappa shape index (κ2) is 8.81. The first kappa shape index (κ1) is 17.7. The highest BCUT2D eigenvalue weighted by Gasteiger charge is 2.17. The zero-order chi connectivity index (χ0) is 17.5. The number of amides is 1. The van der Waals surface area contributed by atoms with Crippen molar-refractivity contribution in [2.45, 2.75) is 39.0 Å². The van der Waals surface area contributed by atoms with Crippen molar-refractivity contribution in [1.82, 2.24) is 20.0 Å². The number of para-hydroxylation sites is 1. The van der Waals surface area contributed by atoms with Crippen molar-refractivity contribution in [3.63, 3.8) is 0 Å². The van der Waals surface area contributed by atoms with Crippen molar-refractivity contribution in [2.75, 3.05) is 26.2 Å². The molecule has 25 heavy (non-hydrogen) atoms. The largest absolute Gasteiger partial charge is 0.352 e. The van der Waals surface area contributed by atoms with Gasteiger partial charge in [-0.25, -0.2) is 4.68 Å². The fourth-order valence-corrected chi connectivity index (χ4v) is 3.48. The molecule has 0 spiro atoms. The first-order valence-electron chi connectivity index (χ1n) is 9.42. The molecule has 5 heteroatoms. The van der Waals surface area contributed by atoms with Crippen LogP contribution in [0, 0.1) is 0 Å². The number of hydrogen-bond donors (Lipinski definition) is 1. The average molecular weight is 340 g/mol. The zero-order valence-corrected chi connectivity index (χ0v) is 15.1. The molecule has 1 fully saturated rings. The van der Waals surface area contributed by atoms with Crippen molar-refractivity contribution < 1.29 is 4.79 Å². The number of nitrogens with zero attached hydrogens (tertiary/aromatic N) is 3. The van der Waals surface area contributed by atoms with Gasteiger partial charge < -0.3 is 10.2 Å². The van der Waals surface area contributed by atoms with E-state index in [1.807, 2.05) is 35.0 Å². The van der Waals surface area contributed by atoms with Crippen LogP contribution in [0.15, 0.2) is 36.5 Å². The molecular formula is C20H28N4O. The van der Waals surface area contributed by atoms with E-state index in [0.29, 0.717) is 5.56 Å². The molecule has 5 nitrogen and oxygen atoms in total. The Morgan fingerprint density at radius 3 is 2.64 bits per heavy atom. The topological polar surface area (TPSA) is 50.2 Å². The van der Waals surface area contributed by atoms with Crippen molar-refractivity contribution in [3.05, 3.63) is 47.8 Å². The molecule has 0 bridgehead atoms. The monoisotopic (exact) mass is 340 g/mol. The normalized spacial score (nSPS) is 15.2. The number of carbonyl (C=O) groups excluding carboxylic acids is 1. The molecule has 1 saturated heterocycles. The Kier molecular flexibility index (Phi) is 6.23. The lowest BCUT2D eigenvalue weighted by Crippen LogP contribution is -2.33. The molecular weight excluding hydrogens is 312 g/mol. The molecule has 0 atom stereocenters. The Balaban J connectivity index is 1.56. The van der Waals surface area contributed by atoms with Gasteiger partial charge in [0.1, 0.15) is 0 Å². The predicted octanol–water partition coefficient (Wildman–Crippen LogP) is 3.04. The standard InChI is InChI=1S/C20H28N4O/c1-2-19-18(16-22-24(19)17-10-5-3-6-11-17)20(25)21-12-9-15-23-13-7-4-8-14-23/h3,5-6,10-11,16H,2,4,7-9,12-15H2,1H3,(H,21,25). The number of benzene rings is 1. The summed E-state index contributed by atoms with van der Waals surface area (Å²) >= 11 is 0. The van der Waals surface area contributed by atoms with E-state index in [4.69, 9.17) is 0 Å². The number of carbonyl (C=O) groups is 1. The Hall–Kier alpha value is -2.14. The van der Waals surface area contributed by atoms with E-state index in [1.165, 1.54) is 32.4 Å². The van der Waals surface area contributed by atoms with Crippen LogP contribution in [0.2, 0.25) is 0 Å². The zero-order valence-electron chi connectivity index (χ0n) is 15.1. The van der Waals surface area contributed by atoms with Gasteiger partial charge in [-0.2, -0.15) is 5.10 Å². The Bertz CT molecular complexity index is 674. The maximum absolute atomic E-state index is 12.5. The van der Waals surface area contributed by atoms with Crippen molar-refractivity contribution in [3.8, 4) is 5.69 Å². The summed E-state index contributed by atoms with van der Waals surface area (Å²) in [4.78, 5) is 15.0. The summed E-state index contributed by atoms with van der Waals surface area (Å²) in [6, 6.07) is 9.96. The van der Waals surface area contributed by atoms with Gasteiger partial charge in [-0.3, -0.25) is 4.79 Å². The molecule has 0 radical (unpaired) electrons. The Labute approximate surface area is 150 Å². The lowest BCUT2D eigenvalue weighted by atomic mass is 10.1. The van der Waals surface area contributed by atoms with Gasteiger partial charge >= 0.3 is 0 Å². The van der Waals surface area contributed by atoms with Gasteiger partial charge in [0.2, 0.25) is 0 Å². The van der Waals surface area contributed by atoms with Gasteiger partial charge in [0.05, 0.1) is 23.1 Å². The molecule has 1 N–H and O–H groups in total. The summed E-state index contributed by atoms with van der Waals surface area (Å²) < 4.78 is 1.86. The second-order valence-corrected chi connectivity index (χ2v) is 6.62. The van der Waals surface area contributed by atoms with E-state index in [0.717, 1.165) is 37.3 Å². The summed E-state index contributed by atoms with van der Waals surface area (Å²) in [5.74, 6) is -0.0160. The van der Waals surface area contributed by atoms with Crippen LogP contribution in [-0.2, 0) is 6.42 Å². The summed E-state index contributed by atoms with van der Waals surface area (Å²) in [7, 11) is 0. The van der Waals surface area contributed by atoms with Crippen LogP contribution in [-0.4, -0.2) is 46.8 Å². The van der Waals surface area contributed by atoms with Gasteiger partial charge in [-0.15, -0.1) is 0 Å². The van der Waals surface area contributed by atoms with Crippen LogP contribution in [0.4, 0.5) is 0 Å². The summed E-state index contributed by atoms with van der Waals surface area (Å²) in [5.41, 5.74) is 2.63. The van der Waals surface area contributed by atoms with Crippen LogP contribution in [0.5, 0.6) is 0 Å². The van der Waals surface area contributed by atoms with Gasteiger partial charge in [0.15, 0.2) is 0 Å². The van der Waals surface area contributed by atoms with E-state index in [-0.39, 0.29) is 5.91 Å². The molecule has 2 aromatic rings. The highest BCUT2D eigenvalue weighted by atomic mass is 16.1. The first-order chi connectivity index (χ1) is 12.3. The van der Waals surface area contributed by atoms with Gasteiger partial charge in [-0.05, 0) is 57.5 Å². The van der Waals surface area contributed by atoms with Crippen molar-refractivity contribution in [1.29, 1.82) is 0 Å². The second-order valence-electron chi connectivity index (χ2n) is 6.62. The molecule has 0 saturated carbocycles. The van der Waals surface area contributed by atoms with E-state index in [2.05, 4.69) is 22.2 Å². The molecule has 0 unspecified atom stereocenters. The molecule has 1 aliphatic rings. The van der Waals surface area contributed by atoms with Crippen LogP contribution >= 0.6 is 0 Å². The number of aromatic nitrogens is 2. The van der Waals surface area contributed by atoms with E-state index >= 15 is 0 Å². The third-order valence-electron chi connectivity index (χ3n) is 4.83. The summed E-state index contributed by atoms with van der Waals surface area (Å²) in [6.45, 7) is 6.26. The van der Waals surface area contributed by atoms with Crippen molar-refractivity contribution >= 4 is 5.91 Å². The minimum Gasteiger partial charge on any atom is -0.352 e. The number of piperidine rings is 1. The molecule has 1 aliphatic heterocycles. The van der Waals surface area contributed by atoms with Crippen LogP contribution in [0.3, 0.4) is 0 Å². The fraction of sp³-hybridized carbons (Fsp3) is 0.500. The predicted molar refractivity (Wildman–Crippen MR) is 100 cm³/mol. The summed E-state index contributed by atoms with van der Waals surface area (Å²) in [6.07, 6.45) is 7.44. The van der Waals surface area contributed by atoms with Gasteiger partial charge in [0, 0.05) is 6.54 Å². The number of nitrogens with one attached hydrogen (secondary N) is 1. The maximum Gasteiger partial charge on any atom is 0.254 e. The van der Waals surface area contributed by atoms with E-state index < -0.39 is 0 Å². The summed E-state index contributed by atoms with van der Waals surface area (Å²) in [5, 5.41) is 7.49. The minimum absolute atomic E-state index is 0.0160. The average Bonchev–Trinajstić information content (AvgIpc) is 3.11. The highest BCUT2D eigenvalue weighted by molar-refractivity contribution is 5.95. The Morgan fingerprint density at radius 1 is 1.16 bits per heavy atom. The number of likely N-dealkylation sites (tertiary alicyclic amines) is 1. The third kappa shape index (κ3) is 4.48.